The summed E-state index contributed by atoms with van der Waals surface area (Å²) < 4.78 is 1.79. The van der Waals surface area contributed by atoms with Gasteiger partial charge >= 0.3 is 11.6 Å². The second-order valence-corrected chi connectivity index (χ2v) is 4.85. The highest BCUT2D eigenvalue weighted by atomic mass is 16.6. The van der Waals surface area contributed by atoms with Gasteiger partial charge in [-0.2, -0.15) is 0 Å². The van der Waals surface area contributed by atoms with E-state index in [1.54, 1.807) is 16.7 Å². The molecule has 21 heavy (non-hydrogen) atoms. The second kappa shape index (κ2) is 4.86. The van der Waals surface area contributed by atoms with Gasteiger partial charge in [0.1, 0.15) is 5.52 Å². The SMILES string of the molecule is CN(C)c1cc[n+](-c2nc3c([N+](=O)[O-])cccc3[nH]2)cc1. The van der Waals surface area contributed by atoms with Crippen molar-refractivity contribution in [2.45, 2.75) is 0 Å². The minimum absolute atomic E-state index is 0.000474. The lowest BCUT2D eigenvalue weighted by Crippen LogP contribution is -2.31. The lowest BCUT2D eigenvalue weighted by molar-refractivity contribution is -0.603. The fraction of sp³-hybridized carbons (Fsp3) is 0.143. The molecule has 3 rings (SSSR count). The van der Waals surface area contributed by atoms with Gasteiger partial charge in [-0.3, -0.25) is 10.1 Å². The summed E-state index contributed by atoms with van der Waals surface area (Å²) in [7, 11) is 3.93. The van der Waals surface area contributed by atoms with Gasteiger partial charge in [0.15, 0.2) is 0 Å². The third kappa shape index (κ3) is 2.29. The number of hydrogen-bond acceptors (Lipinski definition) is 4. The molecule has 0 saturated heterocycles. The number of imidazole rings is 1. The number of anilines is 1. The molecule has 7 nitrogen and oxygen atoms in total. The van der Waals surface area contributed by atoms with E-state index in [4.69, 9.17) is 0 Å². The third-order valence-corrected chi connectivity index (χ3v) is 3.25. The van der Waals surface area contributed by atoms with Crippen molar-refractivity contribution in [1.82, 2.24) is 9.97 Å². The monoisotopic (exact) mass is 284 g/mol. The van der Waals surface area contributed by atoms with E-state index in [-0.39, 0.29) is 5.69 Å². The quantitative estimate of drug-likeness (QED) is 0.452. The molecule has 0 aliphatic rings. The summed E-state index contributed by atoms with van der Waals surface area (Å²) in [6.07, 6.45) is 3.72. The Morgan fingerprint density at radius 1 is 1.24 bits per heavy atom. The Morgan fingerprint density at radius 3 is 2.57 bits per heavy atom. The normalized spacial score (nSPS) is 10.8. The van der Waals surface area contributed by atoms with E-state index in [1.165, 1.54) is 6.07 Å². The van der Waals surface area contributed by atoms with E-state index in [2.05, 4.69) is 9.97 Å². The molecule has 0 amide bonds. The molecule has 0 aliphatic heterocycles. The van der Waals surface area contributed by atoms with Crippen LogP contribution in [0.3, 0.4) is 0 Å². The lowest BCUT2D eigenvalue weighted by atomic mass is 10.3. The molecule has 2 heterocycles. The molecule has 0 atom stereocenters. The zero-order chi connectivity index (χ0) is 15.0. The number of fused-ring (bicyclic) bond motifs is 1. The topological polar surface area (TPSA) is 78.9 Å². The average molecular weight is 284 g/mol. The van der Waals surface area contributed by atoms with Crippen molar-refractivity contribution in [3.63, 3.8) is 0 Å². The lowest BCUT2D eigenvalue weighted by Gasteiger charge is -2.11. The molecule has 0 unspecified atom stereocenters. The Labute approximate surface area is 120 Å². The van der Waals surface area contributed by atoms with Crippen molar-refractivity contribution in [2.24, 2.45) is 0 Å². The fourth-order valence-corrected chi connectivity index (χ4v) is 2.13. The molecular weight excluding hydrogens is 270 g/mol. The molecule has 2 aromatic heterocycles. The van der Waals surface area contributed by atoms with Gasteiger partial charge in [0.05, 0.1) is 17.3 Å². The second-order valence-electron chi connectivity index (χ2n) is 4.85. The van der Waals surface area contributed by atoms with Crippen LogP contribution in [0.25, 0.3) is 17.0 Å². The van der Waals surface area contributed by atoms with Gasteiger partial charge in [0.25, 0.3) is 5.52 Å². The van der Waals surface area contributed by atoms with Gasteiger partial charge in [0.2, 0.25) is 0 Å². The van der Waals surface area contributed by atoms with Crippen LogP contribution < -0.4 is 9.47 Å². The number of nitrogens with one attached hydrogen (secondary N) is 1. The number of aromatic nitrogens is 3. The van der Waals surface area contributed by atoms with E-state index in [1.807, 2.05) is 43.5 Å². The molecule has 0 spiro atoms. The first-order valence-corrected chi connectivity index (χ1v) is 6.38. The van der Waals surface area contributed by atoms with Crippen LogP contribution in [0, 0.1) is 10.1 Å². The molecule has 0 radical (unpaired) electrons. The number of aromatic amines is 1. The summed E-state index contributed by atoms with van der Waals surface area (Å²) in [5, 5.41) is 11.0. The minimum atomic E-state index is -0.424. The van der Waals surface area contributed by atoms with Crippen LogP contribution in [0.5, 0.6) is 0 Å². The molecule has 7 heteroatoms. The highest BCUT2D eigenvalue weighted by molar-refractivity contribution is 5.85. The number of para-hydroxylation sites is 1. The summed E-state index contributed by atoms with van der Waals surface area (Å²) in [4.78, 5) is 20.0. The van der Waals surface area contributed by atoms with Crippen molar-refractivity contribution >= 4 is 22.4 Å². The predicted molar refractivity (Wildman–Crippen MR) is 78.6 cm³/mol. The maximum atomic E-state index is 11.0. The summed E-state index contributed by atoms with van der Waals surface area (Å²) in [5.74, 6) is 0.546. The van der Waals surface area contributed by atoms with E-state index in [0.717, 1.165) is 5.69 Å². The highest BCUT2D eigenvalue weighted by Gasteiger charge is 2.22. The van der Waals surface area contributed by atoms with E-state index >= 15 is 0 Å². The van der Waals surface area contributed by atoms with Crippen LogP contribution in [0.2, 0.25) is 0 Å². The Balaban J connectivity index is 2.09. The maximum absolute atomic E-state index is 11.0. The molecule has 1 aromatic carbocycles. The molecule has 3 aromatic rings. The standard InChI is InChI=1S/C14H14N5O2/c1-17(2)10-6-8-18(9-7-10)14-15-11-4-3-5-12(19(20)21)13(11)16-14/h3-9H,1-2H3,(H,15,16)/q+1. The summed E-state index contributed by atoms with van der Waals surface area (Å²) in [6, 6.07) is 8.76. The van der Waals surface area contributed by atoms with Crippen molar-refractivity contribution in [3.8, 4) is 5.95 Å². The third-order valence-electron chi connectivity index (χ3n) is 3.25. The van der Waals surface area contributed by atoms with E-state index < -0.39 is 4.92 Å². The smallest absolute Gasteiger partial charge is 0.377 e. The van der Waals surface area contributed by atoms with Gasteiger partial charge in [-0.15, -0.1) is 0 Å². The fourth-order valence-electron chi connectivity index (χ4n) is 2.13. The van der Waals surface area contributed by atoms with Crippen LogP contribution in [-0.2, 0) is 0 Å². The van der Waals surface area contributed by atoms with Crippen molar-refractivity contribution in [3.05, 3.63) is 52.8 Å². The van der Waals surface area contributed by atoms with Crippen LogP contribution in [-0.4, -0.2) is 29.0 Å². The first kappa shape index (κ1) is 13.0. The molecule has 0 aliphatic carbocycles. The van der Waals surface area contributed by atoms with Crippen molar-refractivity contribution in [1.29, 1.82) is 0 Å². The number of H-pyrrole nitrogens is 1. The number of nitro benzene ring substituents is 1. The summed E-state index contributed by atoms with van der Waals surface area (Å²) in [5.41, 5.74) is 2.07. The molecule has 1 N–H and O–H groups in total. The van der Waals surface area contributed by atoms with Crippen LogP contribution in [0.4, 0.5) is 11.4 Å². The number of hydrogen-bond donors (Lipinski definition) is 1. The van der Waals surface area contributed by atoms with Gasteiger partial charge in [-0.1, -0.05) is 11.1 Å². The molecule has 0 fully saturated rings. The summed E-state index contributed by atoms with van der Waals surface area (Å²) in [6.45, 7) is 0. The number of non-ortho nitro benzene ring substituents is 1. The molecule has 106 valence electrons. The Bertz CT molecular complexity index is 808. The maximum Gasteiger partial charge on any atom is 0.402 e. The minimum Gasteiger partial charge on any atom is -0.377 e. The Hall–Kier alpha value is -2.96. The van der Waals surface area contributed by atoms with Gasteiger partial charge in [0, 0.05) is 25.8 Å². The number of nitro groups is 1. The van der Waals surface area contributed by atoms with Gasteiger partial charge in [-0.25, -0.2) is 9.55 Å². The molecule has 0 bridgehead atoms. The average Bonchev–Trinajstić information content (AvgIpc) is 2.90. The van der Waals surface area contributed by atoms with Crippen LogP contribution in [0.1, 0.15) is 0 Å². The van der Waals surface area contributed by atoms with Crippen LogP contribution >= 0.6 is 0 Å². The highest BCUT2D eigenvalue weighted by Crippen LogP contribution is 2.23. The van der Waals surface area contributed by atoms with Crippen molar-refractivity contribution < 1.29 is 9.49 Å². The first-order valence-electron chi connectivity index (χ1n) is 6.38. The van der Waals surface area contributed by atoms with E-state index in [0.29, 0.717) is 17.0 Å². The van der Waals surface area contributed by atoms with Gasteiger partial charge in [-0.05, 0) is 18.2 Å². The molecule has 0 saturated carbocycles. The zero-order valence-electron chi connectivity index (χ0n) is 11.6. The van der Waals surface area contributed by atoms with Crippen molar-refractivity contribution in [2.75, 3.05) is 19.0 Å². The Morgan fingerprint density at radius 2 is 1.95 bits per heavy atom. The predicted octanol–water partition coefficient (Wildman–Crippen LogP) is 1.81. The number of pyridine rings is 1. The number of nitrogens with zero attached hydrogens (tertiary/aromatic N) is 4. The first-order chi connectivity index (χ1) is 10.1. The van der Waals surface area contributed by atoms with Crippen LogP contribution in [0.15, 0.2) is 42.7 Å². The van der Waals surface area contributed by atoms with E-state index in [9.17, 15) is 10.1 Å². The number of rotatable bonds is 3. The zero-order valence-corrected chi connectivity index (χ0v) is 11.6. The summed E-state index contributed by atoms with van der Waals surface area (Å²) >= 11 is 0. The molecular formula is C14H14N5O2+. The number of benzene rings is 1. The largest absolute Gasteiger partial charge is 0.402 e. The Kier molecular flexibility index (Phi) is 3.02. The van der Waals surface area contributed by atoms with Gasteiger partial charge < -0.3 is 4.90 Å².